The van der Waals surface area contributed by atoms with Crippen molar-refractivity contribution in [1.29, 1.82) is 0 Å². The Kier molecular flexibility index (Phi) is 5.53. The number of ether oxygens (including phenoxy) is 1. The summed E-state index contributed by atoms with van der Waals surface area (Å²) in [5.74, 6) is 1.06. The molecule has 0 saturated heterocycles. The van der Waals surface area contributed by atoms with Crippen LogP contribution in [0.4, 0.5) is 5.69 Å². The van der Waals surface area contributed by atoms with Crippen LogP contribution in [0.15, 0.2) is 45.3 Å². The summed E-state index contributed by atoms with van der Waals surface area (Å²) in [5.41, 5.74) is 1.81. The lowest BCUT2D eigenvalue weighted by atomic mass is 10.0. The van der Waals surface area contributed by atoms with Crippen molar-refractivity contribution in [3.63, 3.8) is 0 Å². The first-order valence-electron chi connectivity index (χ1n) is 6.63. The summed E-state index contributed by atoms with van der Waals surface area (Å²) in [6, 6.07) is 11.3. The van der Waals surface area contributed by atoms with Gasteiger partial charge in [0.1, 0.15) is 11.5 Å². The normalized spacial score (nSPS) is 12.0. The zero-order valence-electron chi connectivity index (χ0n) is 11.9. The molecule has 0 radical (unpaired) electrons. The molecule has 0 spiro atoms. The number of hydrogen-bond acceptors (Lipinski definition) is 3. The molecule has 21 heavy (non-hydrogen) atoms. The molecule has 0 fully saturated rings. The van der Waals surface area contributed by atoms with Gasteiger partial charge in [-0.2, -0.15) is 0 Å². The van der Waals surface area contributed by atoms with Gasteiger partial charge >= 0.3 is 0 Å². The molecule has 0 saturated carbocycles. The van der Waals surface area contributed by atoms with E-state index >= 15 is 0 Å². The highest BCUT2D eigenvalue weighted by molar-refractivity contribution is 9.10. The van der Waals surface area contributed by atoms with E-state index in [0.717, 1.165) is 32.4 Å². The smallest absolute Gasteiger partial charge is 0.135 e. The molecule has 0 bridgehead atoms. The number of aromatic hydroxyl groups is 1. The highest BCUT2D eigenvalue weighted by atomic mass is 79.9. The van der Waals surface area contributed by atoms with E-state index in [2.05, 4.69) is 44.1 Å². The summed E-state index contributed by atoms with van der Waals surface area (Å²) >= 11 is 6.89. The van der Waals surface area contributed by atoms with E-state index in [-0.39, 0.29) is 6.04 Å². The van der Waals surface area contributed by atoms with E-state index in [0.29, 0.717) is 5.75 Å². The molecule has 3 nitrogen and oxygen atoms in total. The summed E-state index contributed by atoms with van der Waals surface area (Å²) in [4.78, 5) is 0. The van der Waals surface area contributed by atoms with Gasteiger partial charge < -0.3 is 15.2 Å². The Labute approximate surface area is 141 Å². The summed E-state index contributed by atoms with van der Waals surface area (Å²) in [7, 11) is 1.64. The average molecular weight is 415 g/mol. The molecule has 0 amide bonds. The number of hydrogen-bond donors (Lipinski definition) is 2. The second-order valence-corrected chi connectivity index (χ2v) is 6.43. The minimum Gasteiger partial charge on any atom is -0.508 e. The maximum atomic E-state index is 10.1. The van der Waals surface area contributed by atoms with Crippen molar-refractivity contribution in [2.45, 2.75) is 19.4 Å². The molecule has 112 valence electrons. The minimum atomic E-state index is 0.0216. The van der Waals surface area contributed by atoms with E-state index in [1.807, 2.05) is 30.3 Å². The molecular formula is C16H17Br2NO2. The molecule has 0 aliphatic heterocycles. The molecule has 0 aromatic heterocycles. The van der Waals surface area contributed by atoms with E-state index < -0.39 is 0 Å². The predicted octanol–water partition coefficient (Wildman–Crippen LogP) is 5.49. The zero-order valence-corrected chi connectivity index (χ0v) is 15.0. The SMILES string of the molecule is CCC(Nc1ccc(Br)c(OC)c1)c1cc(Br)ccc1O. The fourth-order valence-electron chi connectivity index (χ4n) is 2.15. The van der Waals surface area contributed by atoms with Crippen LogP contribution < -0.4 is 10.1 Å². The van der Waals surface area contributed by atoms with Crippen LogP contribution in [0.2, 0.25) is 0 Å². The van der Waals surface area contributed by atoms with Crippen LogP contribution in [0.25, 0.3) is 0 Å². The van der Waals surface area contributed by atoms with Crippen molar-refractivity contribution >= 4 is 37.5 Å². The third-order valence-electron chi connectivity index (χ3n) is 3.27. The molecule has 2 aromatic rings. The Morgan fingerprint density at radius 1 is 1.19 bits per heavy atom. The molecule has 2 N–H and O–H groups in total. The molecule has 0 heterocycles. The van der Waals surface area contributed by atoms with Crippen molar-refractivity contribution in [3.8, 4) is 11.5 Å². The van der Waals surface area contributed by atoms with Crippen LogP contribution in [-0.4, -0.2) is 12.2 Å². The van der Waals surface area contributed by atoms with Gasteiger partial charge in [0.2, 0.25) is 0 Å². The number of rotatable bonds is 5. The number of phenolic OH excluding ortho intramolecular Hbond substituents is 1. The second-order valence-electron chi connectivity index (χ2n) is 4.66. The van der Waals surface area contributed by atoms with Crippen LogP contribution >= 0.6 is 31.9 Å². The van der Waals surface area contributed by atoms with Gasteiger partial charge in [-0.25, -0.2) is 0 Å². The fraction of sp³-hybridized carbons (Fsp3) is 0.250. The van der Waals surface area contributed by atoms with E-state index in [9.17, 15) is 5.11 Å². The van der Waals surface area contributed by atoms with Crippen molar-refractivity contribution in [2.24, 2.45) is 0 Å². The van der Waals surface area contributed by atoms with E-state index in [4.69, 9.17) is 4.74 Å². The van der Waals surface area contributed by atoms with Gasteiger partial charge in [-0.1, -0.05) is 22.9 Å². The van der Waals surface area contributed by atoms with Crippen molar-refractivity contribution in [1.82, 2.24) is 0 Å². The molecule has 5 heteroatoms. The molecule has 1 unspecified atom stereocenters. The standard InChI is InChI=1S/C16H17Br2NO2/c1-3-14(12-8-10(17)4-7-15(12)20)19-11-5-6-13(18)16(9-11)21-2/h4-9,14,19-20H,3H2,1-2H3. The molecule has 0 aliphatic carbocycles. The summed E-state index contributed by atoms with van der Waals surface area (Å²) in [6.45, 7) is 2.08. The predicted molar refractivity (Wildman–Crippen MR) is 93.2 cm³/mol. The maximum Gasteiger partial charge on any atom is 0.135 e. The van der Waals surface area contributed by atoms with Crippen LogP contribution in [0.1, 0.15) is 24.9 Å². The van der Waals surface area contributed by atoms with Gasteiger partial charge in [0, 0.05) is 21.8 Å². The van der Waals surface area contributed by atoms with Gasteiger partial charge in [0.25, 0.3) is 0 Å². The second kappa shape index (κ2) is 7.18. The lowest BCUT2D eigenvalue weighted by molar-refractivity contribution is 0.412. The quantitative estimate of drug-likeness (QED) is 0.679. The van der Waals surface area contributed by atoms with Crippen LogP contribution in [0, 0.1) is 0 Å². The van der Waals surface area contributed by atoms with E-state index in [1.54, 1.807) is 13.2 Å². The first-order valence-corrected chi connectivity index (χ1v) is 8.22. The van der Waals surface area contributed by atoms with Crippen LogP contribution in [0.5, 0.6) is 11.5 Å². The number of methoxy groups -OCH3 is 1. The van der Waals surface area contributed by atoms with Gasteiger partial charge in [-0.3, -0.25) is 0 Å². The van der Waals surface area contributed by atoms with Gasteiger partial charge in [0.15, 0.2) is 0 Å². The number of benzene rings is 2. The molecule has 2 aromatic carbocycles. The molecule has 0 aliphatic rings. The molecule has 2 rings (SSSR count). The number of halogens is 2. The summed E-state index contributed by atoms with van der Waals surface area (Å²) < 4.78 is 7.16. The molecule has 1 atom stereocenters. The lowest BCUT2D eigenvalue weighted by Gasteiger charge is -2.20. The van der Waals surface area contributed by atoms with Crippen molar-refractivity contribution in [3.05, 3.63) is 50.9 Å². The maximum absolute atomic E-state index is 10.1. The largest absolute Gasteiger partial charge is 0.508 e. The lowest BCUT2D eigenvalue weighted by Crippen LogP contribution is -2.10. The van der Waals surface area contributed by atoms with Crippen molar-refractivity contribution in [2.75, 3.05) is 12.4 Å². The highest BCUT2D eigenvalue weighted by Gasteiger charge is 2.14. The Balaban J connectivity index is 2.29. The monoisotopic (exact) mass is 413 g/mol. The first-order chi connectivity index (χ1) is 10.0. The Morgan fingerprint density at radius 2 is 1.95 bits per heavy atom. The van der Waals surface area contributed by atoms with E-state index in [1.165, 1.54) is 0 Å². The van der Waals surface area contributed by atoms with Gasteiger partial charge in [-0.05, 0) is 52.7 Å². The summed E-state index contributed by atoms with van der Waals surface area (Å²) in [6.07, 6.45) is 0.850. The topological polar surface area (TPSA) is 41.5 Å². The minimum absolute atomic E-state index is 0.0216. The number of nitrogens with one attached hydrogen (secondary N) is 1. The number of anilines is 1. The fourth-order valence-corrected chi connectivity index (χ4v) is 2.94. The average Bonchev–Trinajstić information content (AvgIpc) is 2.49. The van der Waals surface area contributed by atoms with Gasteiger partial charge in [-0.15, -0.1) is 0 Å². The summed E-state index contributed by atoms with van der Waals surface area (Å²) in [5, 5.41) is 13.5. The Morgan fingerprint density at radius 3 is 2.62 bits per heavy atom. The zero-order chi connectivity index (χ0) is 15.4. The van der Waals surface area contributed by atoms with Gasteiger partial charge in [0.05, 0.1) is 17.6 Å². The number of phenols is 1. The first kappa shape index (κ1) is 16.2. The van der Waals surface area contributed by atoms with Crippen LogP contribution in [0.3, 0.4) is 0 Å². The highest BCUT2D eigenvalue weighted by Crippen LogP contribution is 2.34. The Bertz CT molecular complexity index is 632. The Hall–Kier alpha value is -1.20. The third-order valence-corrected chi connectivity index (χ3v) is 4.41. The van der Waals surface area contributed by atoms with Crippen LogP contribution in [-0.2, 0) is 0 Å². The molecular weight excluding hydrogens is 398 g/mol. The third kappa shape index (κ3) is 3.92. The van der Waals surface area contributed by atoms with Crippen molar-refractivity contribution < 1.29 is 9.84 Å².